The molecule has 0 spiro atoms. The van der Waals surface area contributed by atoms with Gasteiger partial charge in [0.05, 0.1) is 4.92 Å². The molecule has 0 aliphatic heterocycles. The minimum absolute atomic E-state index is 0.104. The number of aromatic nitrogens is 2. The van der Waals surface area contributed by atoms with Crippen molar-refractivity contribution in [2.45, 2.75) is 16.8 Å². The standard InChI is InChI=1S/C17H12Cl2N4O2S/c1-10-13(19)3-2-4-14(10)22-16-15(23(24)25)17(21-9-20-16)26-12-7-5-11(18)6-8-12/h2-9H,1H3,(H,20,21,22). The summed E-state index contributed by atoms with van der Waals surface area (Å²) in [4.78, 5) is 20.0. The zero-order chi connectivity index (χ0) is 18.7. The number of nitrogens with zero attached hydrogens (tertiary/aromatic N) is 3. The lowest BCUT2D eigenvalue weighted by Crippen LogP contribution is -2.03. The average Bonchev–Trinajstić information content (AvgIpc) is 2.61. The van der Waals surface area contributed by atoms with E-state index in [1.807, 2.05) is 6.92 Å². The van der Waals surface area contributed by atoms with E-state index in [2.05, 4.69) is 15.3 Å². The molecule has 2 aromatic carbocycles. The maximum Gasteiger partial charge on any atom is 0.343 e. The van der Waals surface area contributed by atoms with Crippen LogP contribution in [0.2, 0.25) is 10.0 Å². The number of halogens is 2. The molecule has 0 amide bonds. The molecule has 1 heterocycles. The largest absolute Gasteiger partial charge is 0.343 e. The lowest BCUT2D eigenvalue weighted by molar-refractivity contribution is -0.387. The highest BCUT2D eigenvalue weighted by atomic mass is 35.5. The summed E-state index contributed by atoms with van der Waals surface area (Å²) in [6.07, 6.45) is 1.29. The van der Waals surface area contributed by atoms with Crippen molar-refractivity contribution in [1.29, 1.82) is 0 Å². The molecule has 9 heteroatoms. The van der Waals surface area contributed by atoms with E-state index < -0.39 is 4.92 Å². The van der Waals surface area contributed by atoms with Gasteiger partial charge in [0.2, 0.25) is 5.82 Å². The van der Waals surface area contributed by atoms with Gasteiger partial charge in [0, 0.05) is 20.6 Å². The summed E-state index contributed by atoms with van der Waals surface area (Å²) >= 11 is 13.2. The molecule has 3 aromatic rings. The predicted molar refractivity (Wildman–Crippen MR) is 104 cm³/mol. The van der Waals surface area contributed by atoms with Crippen molar-refractivity contribution in [3.8, 4) is 0 Å². The topological polar surface area (TPSA) is 81.0 Å². The maximum absolute atomic E-state index is 11.7. The van der Waals surface area contributed by atoms with Gasteiger partial charge in [-0.25, -0.2) is 9.97 Å². The Bertz CT molecular complexity index is 967. The monoisotopic (exact) mass is 406 g/mol. The average molecular weight is 407 g/mol. The van der Waals surface area contributed by atoms with Crippen molar-refractivity contribution >= 4 is 52.2 Å². The Morgan fingerprint density at radius 2 is 1.85 bits per heavy atom. The van der Waals surface area contributed by atoms with Gasteiger partial charge in [0.25, 0.3) is 0 Å². The smallest absolute Gasteiger partial charge is 0.334 e. The summed E-state index contributed by atoms with van der Waals surface area (Å²) in [5, 5.41) is 16.0. The Balaban J connectivity index is 1.99. The van der Waals surface area contributed by atoms with Crippen molar-refractivity contribution < 1.29 is 4.92 Å². The van der Waals surface area contributed by atoms with Gasteiger partial charge in [0.15, 0.2) is 5.03 Å². The fourth-order valence-electron chi connectivity index (χ4n) is 2.18. The van der Waals surface area contributed by atoms with E-state index in [1.165, 1.54) is 18.1 Å². The molecule has 0 unspecified atom stereocenters. The molecule has 1 aromatic heterocycles. The lowest BCUT2D eigenvalue weighted by atomic mass is 10.2. The van der Waals surface area contributed by atoms with Crippen LogP contribution in [-0.2, 0) is 0 Å². The van der Waals surface area contributed by atoms with Crippen molar-refractivity contribution in [2.24, 2.45) is 0 Å². The van der Waals surface area contributed by atoms with Gasteiger partial charge in [-0.2, -0.15) is 0 Å². The summed E-state index contributed by atoms with van der Waals surface area (Å²) < 4.78 is 0. The van der Waals surface area contributed by atoms with Crippen LogP contribution >= 0.6 is 35.0 Å². The summed E-state index contributed by atoms with van der Waals surface area (Å²) in [5.41, 5.74) is 1.21. The highest BCUT2D eigenvalue weighted by Gasteiger charge is 2.24. The Kier molecular flexibility index (Phi) is 5.61. The molecule has 0 atom stereocenters. The second kappa shape index (κ2) is 7.90. The molecule has 0 saturated carbocycles. The zero-order valence-corrected chi connectivity index (χ0v) is 15.8. The fourth-order valence-corrected chi connectivity index (χ4v) is 3.34. The third kappa shape index (κ3) is 4.07. The van der Waals surface area contributed by atoms with Gasteiger partial charge in [0.1, 0.15) is 6.33 Å². The molecule has 0 aliphatic rings. The summed E-state index contributed by atoms with van der Waals surface area (Å²) in [7, 11) is 0. The van der Waals surface area contributed by atoms with Crippen LogP contribution in [0.15, 0.2) is 58.7 Å². The highest BCUT2D eigenvalue weighted by molar-refractivity contribution is 7.99. The van der Waals surface area contributed by atoms with Crippen molar-refractivity contribution in [3.63, 3.8) is 0 Å². The number of hydrogen-bond acceptors (Lipinski definition) is 6. The van der Waals surface area contributed by atoms with E-state index in [9.17, 15) is 10.1 Å². The maximum atomic E-state index is 11.7. The molecule has 0 radical (unpaired) electrons. The molecule has 0 saturated heterocycles. The highest BCUT2D eigenvalue weighted by Crippen LogP contribution is 2.38. The van der Waals surface area contributed by atoms with Crippen molar-refractivity contribution in [1.82, 2.24) is 9.97 Å². The van der Waals surface area contributed by atoms with Crippen LogP contribution in [0.25, 0.3) is 0 Å². The van der Waals surface area contributed by atoms with Crippen LogP contribution in [0, 0.1) is 17.0 Å². The Hall–Kier alpha value is -2.35. The van der Waals surface area contributed by atoms with Crippen molar-refractivity contribution in [2.75, 3.05) is 5.32 Å². The van der Waals surface area contributed by atoms with E-state index in [-0.39, 0.29) is 16.5 Å². The van der Waals surface area contributed by atoms with Crippen molar-refractivity contribution in [3.05, 3.63) is 74.5 Å². The minimum Gasteiger partial charge on any atom is -0.334 e. The van der Waals surface area contributed by atoms with Crippen LogP contribution in [-0.4, -0.2) is 14.9 Å². The van der Waals surface area contributed by atoms with Crippen LogP contribution in [0.1, 0.15) is 5.56 Å². The normalized spacial score (nSPS) is 10.6. The summed E-state index contributed by atoms with van der Waals surface area (Å²) in [6, 6.07) is 12.3. The number of nitrogens with one attached hydrogen (secondary N) is 1. The predicted octanol–water partition coefficient (Wildman–Crippen LogP) is 5.89. The Labute approximate surface area is 163 Å². The molecule has 0 fully saturated rings. The SMILES string of the molecule is Cc1c(Cl)cccc1Nc1ncnc(Sc2ccc(Cl)cc2)c1[N+](=O)[O-]. The number of benzene rings is 2. The number of rotatable bonds is 5. The third-order valence-electron chi connectivity index (χ3n) is 3.52. The molecule has 132 valence electrons. The molecule has 0 bridgehead atoms. The van der Waals surface area contributed by atoms with Crippen LogP contribution < -0.4 is 5.32 Å². The molecule has 0 aliphatic carbocycles. The molecule has 6 nitrogen and oxygen atoms in total. The van der Waals surface area contributed by atoms with E-state index >= 15 is 0 Å². The second-order valence-corrected chi connectivity index (χ2v) is 7.13. The van der Waals surface area contributed by atoms with Gasteiger partial charge in [-0.05, 0) is 48.9 Å². The summed E-state index contributed by atoms with van der Waals surface area (Å²) in [5.74, 6) is 0.104. The molecular weight excluding hydrogens is 395 g/mol. The van der Waals surface area contributed by atoms with E-state index in [1.54, 1.807) is 42.5 Å². The molecular formula is C17H12Cl2N4O2S. The lowest BCUT2D eigenvalue weighted by Gasteiger charge is -2.11. The van der Waals surface area contributed by atoms with Crippen LogP contribution in [0.4, 0.5) is 17.2 Å². The van der Waals surface area contributed by atoms with Gasteiger partial charge in [-0.3, -0.25) is 10.1 Å². The number of hydrogen-bond donors (Lipinski definition) is 1. The van der Waals surface area contributed by atoms with E-state index in [4.69, 9.17) is 23.2 Å². The van der Waals surface area contributed by atoms with E-state index in [0.717, 1.165) is 10.5 Å². The third-order valence-corrected chi connectivity index (χ3v) is 5.18. The first kappa shape index (κ1) is 18.4. The van der Waals surface area contributed by atoms with Gasteiger partial charge in [-0.1, -0.05) is 41.0 Å². The summed E-state index contributed by atoms with van der Waals surface area (Å²) in [6.45, 7) is 1.82. The van der Waals surface area contributed by atoms with Crippen LogP contribution in [0.5, 0.6) is 0 Å². The van der Waals surface area contributed by atoms with Crippen LogP contribution in [0.3, 0.4) is 0 Å². The van der Waals surface area contributed by atoms with E-state index in [0.29, 0.717) is 15.7 Å². The molecule has 26 heavy (non-hydrogen) atoms. The molecule has 1 N–H and O–H groups in total. The quantitative estimate of drug-likeness (QED) is 0.322. The fraction of sp³-hybridized carbons (Fsp3) is 0.0588. The Morgan fingerprint density at radius 1 is 1.12 bits per heavy atom. The first-order chi connectivity index (χ1) is 12.5. The first-order valence-corrected chi connectivity index (χ1v) is 8.98. The Morgan fingerprint density at radius 3 is 2.54 bits per heavy atom. The van der Waals surface area contributed by atoms with Gasteiger partial charge >= 0.3 is 5.69 Å². The number of nitro groups is 1. The first-order valence-electron chi connectivity index (χ1n) is 7.40. The second-order valence-electron chi connectivity index (χ2n) is 5.23. The molecule has 3 rings (SSSR count). The zero-order valence-electron chi connectivity index (χ0n) is 13.4. The van der Waals surface area contributed by atoms with Gasteiger partial charge in [-0.15, -0.1) is 0 Å². The number of anilines is 2. The van der Waals surface area contributed by atoms with Gasteiger partial charge < -0.3 is 5.32 Å². The minimum atomic E-state index is -0.500.